The summed E-state index contributed by atoms with van der Waals surface area (Å²) in [5, 5.41) is 10.5. The Hall–Kier alpha value is -2.18. The third-order valence-electron chi connectivity index (χ3n) is 3.40. The fourth-order valence-corrected chi connectivity index (χ4v) is 2.31. The summed E-state index contributed by atoms with van der Waals surface area (Å²) in [4.78, 5) is 27.4. The molecule has 0 amide bonds. The third kappa shape index (κ3) is 2.64. The van der Waals surface area contributed by atoms with E-state index in [0.29, 0.717) is 13.1 Å². The van der Waals surface area contributed by atoms with Crippen LogP contribution in [0.25, 0.3) is 0 Å². The minimum absolute atomic E-state index is 0.166. The van der Waals surface area contributed by atoms with E-state index in [-0.39, 0.29) is 23.6 Å². The summed E-state index contributed by atoms with van der Waals surface area (Å²) in [6.45, 7) is 3.24. The van der Waals surface area contributed by atoms with Crippen molar-refractivity contribution < 1.29 is 14.5 Å². The van der Waals surface area contributed by atoms with E-state index >= 15 is 0 Å². The van der Waals surface area contributed by atoms with Crippen LogP contribution >= 0.6 is 0 Å². The fraction of sp³-hybridized carbons (Fsp3) is 0.500. The smallest absolute Gasteiger partial charge is 0.363 e. The van der Waals surface area contributed by atoms with Crippen LogP contribution in [0, 0.1) is 22.0 Å². The van der Waals surface area contributed by atoms with Gasteiger partial charge in [-0.3, -0.25) is 4.79 Å². The van der Waals surface area contributed by atoms with E-state index < -0.39 is 4.92 Å². The van der Waals surface area contributed by atoms with E-state index in [1.54, 1.807) is 6.07 Å². The standard InChI is InChI=1S/C12H15N3O4/c1-8-6-14(7-10(8)12(16)19-2)9-3-4-11(13-5-9)15(17)18/h3-5,8,10H,6-7H2,1-2H3. The molecule has 0 radical (unpaired) electrons. The Morgan fingerprint density at radius 3 is 2.79 bits per heavy atom. The first kappa shape index (κ1) is 13.3. The highest BCUT2D eigenvalue weighted by Crippen LogP contribution is 2.29. The lowest BCUT2D eigenvalue weighted by molar-refractivity contribution is -0.389. The maximum absolute atomic E-state index is 11.6. The Balaban J connectivity index is 2.11. The number of pyridine rings is 1. The van der Waals surface area contributed by atoms with Gasteiger partial charge in [0.1, 0.15) is 0 Å². The molecule has 19 heavy (non-hydrogen) atoms. The molecule has 7 heteroatoms. The minimum atomic E-state index is -0.534. The average molecular weight is 265 g/mol. The molecule has 0 aromatic carbocycles. The number of aromatic nitrogens is 1. The van der Waals surface area contributed by atoms with Gasteiger partial charge in [-0.1, -0.05) is 6.92 Å². The van der Waals surface area contributed by atoms with Crippen LogP contribution in [0.2, 0.25) is 0 Å². The van der Waals surface area contributed by atoms with Gasteiger partial charge < -0.3 is 19.8 Å². The molecule has 1 saturated heterocycles. The van der Waals surface area contributed by atoms with Crippen molar-refractivity contribution >= 4 is 17.5 Å². The van der Waals surface area contributed by atoms with Crippen molar-refractivity contribution in [3.63, 3.8) is 0 Å². The van der Waals surface area contributed by atoms with Crippen LogP contribution in [0.3, 0.4) is 0 Å². The quantitative estimate of drug-likeness (QED) is 0.464. The second-order valence-electron chi connectivity index (χ2n) is 4.64. The van der Waals surface area contributed by atoms with Gasteiger partial charge in [-0.05, 0) is 21.9 Å². The highest BCUT2D eigenvalue weighted by molar-refractivity contribution is 5.74. The Morgan fingerprint density at radius 1 is 1.53 bits per heavy atom. The lowest BCUT2D eigenvalue weighted by Gasteiger charge is -2.16. The number of nitrogens with zero attached hydrogens (tertiary/aromatic N) is 3. The molecular weight excluding hydrogens is 250 g/mol. The normalized spacial score (nSPS) is 22.3. The van der Waals surface area contributed by atoms with Crippen molar-refractivity contribution in [2.24, 2.45) is 11.8 Å². The molecular formula is C12H15N3O4. The number of carbonyl (C=O) groups excluding carboxylic acids is 1. The predicted octanol–water partition coefficient (Wildman–Crippen LogP) is 1.24. The maximum atomic E-state index is 11.6. The van der Waals surface area contributed by atoms with Crippen LogP contribution in [0.15, 0.2) is 18.3 Å². The largest absolute Gasteiger partial charge is 0.469 e. The second kappa shape index (κ2) is 5.21. The van der Waals surface area contributed by atoms with Gasteiger partial charge >= 0.3 is 11.8 Å². The molecule has 7 nitrogen and oxygen atoms in total. The average Bonchev–Trinajstić information content (AvgIpc) is 2.80. The maximum Gasteiger partial charge on any atom is 0.363 e. The molecule has 0 bridgehead atoms. The molecule has 0 saturated carbocycles. The van der Waals surface area contributed by atoms with Gasteiger partial charge in [0.2, 0.25) is 0 Å². The molecule has 1 aliphatic heterocycles. The van der Waals surface area contributed by atoms with Crippen molar-refractivity contribution in [1.29, 1.82) is 0 Å². The van der Waals surface area contributed by atoms with Crippen LogP contribution in [-0.2, 0) is 9.53 Å². The Kier molecular flexibility index (Phi) is 3.64. The van der Waals surface area contributed by atoms with Gasteiger partial charge in [-0.25, -0.2) is 0 Å². The first-order valence-electron chi connectivity index (χ1n) is 5.96. The van der Waals surface area contributed by atoms with Crippen molar-refractivity contribution in [1.82, 2.24) is 4.98 Å². The number of carbonyl (C=O) groups is 1. The third-order valence-corrected chi connectivity index (χ3v) is 3.40. The molecule has 2 atom stereocenters. The zero-order valence-corrected chi connectivity index (χ0v) is 10.8. The lowest BCUT2D eigenvalue weighted by atomic mass is 9.99. The fourth-order valence-electron chi connectivity index (χ4n) is 2.31. The molecule has 0 N–H and O–H groups in total. The van der Waals surface area contributed by atoms with Crippen LogP contribution in [0.5, 0.6) is 0 Å². The summed E-state index contributed by atoms with van der Waals surface area (Å²) in [6, 6.07) is 3.02. The summed E-state index contributed by atoms with van der Waals surface area (Å²) >= 11 is 0. The number of anilines is 1. The van der Waals surface area contributed by atoms with E-state index in [4.69, 9.17) is 4.74 Å². The topological polar surface area (TPSA) is 85.6 Å². The number of esters is 1. The van der Waals surface area contributed by atoms with Gasteiger partial charge in [0.25, 0.3) is 0 Å². The number of methoxy groups -OCH3 is 1. The molecule has 0 spiro atoms. The summed E-state index contributed by atoms with van der Waals surface area (Å²) < 4.78 is 4.77. The molecule has 102 valence electrons. The predicted molar refractivity (Wildman–Crippen MR) is 67.8 cm³/mol. The second-order valence-corrected chi connectivity index (χ2v) is 4.64. The zero-order chi connectivity index (χ0) is 14.0. The number of nitro groups is 1. The van der Waals surface area contributed by atoms with E-state index in [9.17, 15) is 14.9 Å². The zero-order valence-electron chi connectivity index (χ0n) is 10.8. The van der Waals surface area contributed by atoms with Crippen LogP contribution in [0.1, 0.15) is 6.92 Å². The van der Waals surface area contributed by atoms with E-state index in [1.165, 1.54) is 19.4 Å². The molecule has 1 aromatic heterocycles. The van der Waals surface area contributed by atoms with E-state index in [1.807, 2.05) is 11.8 Å². The summed E-state index contributed by atoms with van der Waals surface area (Å²) in [5.41, 5.74) is 0.781. The van der Waals surface area contributed by atoms with Crippen molar-refractivity contribution in [3.05, 3.63) is 28.4 Å². The molecule has 1 fully saturated rings. The SMILES string of the molecule is COC(=O)C1CN(c2ccc([N+](=O)[O-])nc2)CC1C. The first-order chi connectivity index (χ1) is 9.02. The monoisotopic (exact) mass is 265 g/mol. The summed E-state index contributed by atoms with van der Waals surface area (Å²) in [7, 11) is 1.38. The number of hydrogen-bond acceptors (Lipinski definition) is 6. The van der Waals surface area contributed by atoms with Crippen molar-refractivity contribution in [3.8, 4) is 0 Å². The van der Waals surface area contributed by atoms with Crippen molar-refractivity contribution in [2.75, 3.05) is 25.1 Å². The first-order valence-corrected chi connectivity index (χ1v) is 5.96. The highest BCUT2D eigenvalue weighted by atomic mass is 16.6. The van der Waals surface area contributed by atoms with Gasteiger partial charge in [-0.2, -0.15) is 0 Å². The van der Waals surface area contributed by atoms with Gasteiger partial charge in [0, 0.05) is 19.2 Å². The number of ether oxygens (including phenoxy) is 1. The van der Waals surface area contributed by atoms with Gasteiger partial charge in [0.05, 0.1) is 18.7 Å². The molecule has 0 aliphatic carbocycles. The van der Waals surface area contributed by atoms with Gasteiger partial charge in [-0.15, -0.1) is 0 Å². The van der Waals surface area contributed by atoms with E-state index in [2.05, 4.69) is 4.98 Å². The Bertz CT molecular complexity index is 488. The van der Waals surface area contributed by atoms with Crippen LogP contribution < -0.4 is 4.90 Å². The molecule has 2 heterocycles. The Labute approximate surface area is 110 Å². The molecule has 2 unspecified atom stereocenters. The highest BCUT2D eigenvalue weighted by Gasteiger charge is 2.36. The molecule has 1 aliphatic rings. The minimum Gasteiger partial charge on any atom is -0.469 e. The molecule has 1 aromatic rings. The van der Waals surface area contributed by atoms with E-state index in [0.717, 1.165) is 5.69 Å². The Morgan fingerprint density at radius 2 is 2.26 bits per heavy atom. The summed E-state index contributed by atoms with van der Waals surface area (Å²) in [5.74, 6) is -0.381. The van der Waals surface area contributed by atoms with Crippen LogP contribution in [-0.4, -0.2) is 36.1 Å². The van der Waals surface area contributed by atoms with Gasteiger partial charge in [0.15, 0.2) is 6.20 Å². The summed E-state index contributed by atoms with van der Waals surface area (Å²) in [6.07, 6.45) is 1.46. The molecule has 2 rings (SSSR count). The van der Waals surface area contributed by atoms with Crippen LogP contribution in [0.4, 0.5) is 11.5 Å². The number of rotatable bonds is 3. The number of hydrogen-bond donors (Lipinski definition) is 0. The lowest BCUT2D eigenvalue weighted by Crippen LogP contribution is -2.24. The van der Waals surface area contributed by atoms with Crippen molar-refractivity contribution in [2.45, 2.75) is 6.92 Å².